The topological polar surface area (TPSA) is 49.6 Å². The highest BCUT2D eigenvalue weighted by atomic mass is 19.1. The van der Waals surface area contributed by atoms with Gasteiger partial charge in [-0.25, -0.2) is 4.39 Å². The van der Waals surface area contributed by atoms with Gasteiger partial charge >= 0.3 is 0 Å². The van der Waals surface area contributed by atoms with Gasteiger partial charge in [0.05, 0.1) is 12.1 Å². The molecular weight excluding hydrogens is 345 g/mol. The first-order chi connectivity index (χ1) is 12.9. The molecular formula is C21H30FN3O2. The number of carbonyl (C=O) groups is 1. The number of hydrogen-bond donors (Lipinski definition) is 0. The zero-order valence-corrected chi connectivity index (χ0v) is 17.0. The fourth-order valence-corrected chi connectivity index (χ4v) is 3.13. The molecule has 0 radical (unpaired) electrons. The van der Waals surface area contributed by atoms with E-state index < -0.39 is 0 Å². The van der Waals surface area contributed by atoms with Crippen LogP contribution in [0, 0.1) is 11.7 Å². The Morgan fingerprint density at radius 2 is 1.78 bits per heavy atom. The molecule has 148 valence electrons. The van der Waals surface area contributed by atoms with E-state index in [1.54, 1.807) is 12.1 Å². The minimum atomic E-state index is -0.296. The number of rotatable bonds is 9. The standard InChI is InChI=1S/C21H30FN3O2/c1-6-13-25(20(26)15(4)5)14-18-19(16-9-11-17(22)12-10-16)23-27-21(18)24(7-2)8-3/h9-12,15H,6-8,13-14H2,1-5H3. The Morgan fingerprint density at radius 1 is 1.15 bits per heavy atom. The Bertz CT molecular complexity index is 736. The third kappa shape index (κ3) is 4.87. The lowest BCUT2D eigenvalue weighted by Gasteiger charge is -2.26. The Morgan fingerprint density at radius 3 is 2.30 bits per heavy atom. The minimum Gasteiger partial charge on any atom is -0.341 e. The van der Waals surface area contributed by atoms with Gasteiger partial charge in [-0.15, -0.1) is 0 Å². The van der Waals surface area contributed by atoms with Crippen LogP contribution in [0.5, 0.6) is 0 Å². The molecule has 27 heavy (non-hydrogen) atoms. The van der Waals surface area contributed by atoms with Crippen molar-refractivity contribution in [3.05, 3.63) is 35.6 Å². The summed E-state index contributed by atoms with van der Waals surface area (Å²) < 4.78 is 19.0. The summed E-state index contributed by atoms with van der Waals surface area (Å²) >= 11 is 0. The average molecular weight is 375 g/mol. The van der Waals surface area contributed by atoms with Crippen LogP contribution in [0.1, 0.15) is 46.6 Å². The number of aromatic nitrogens is 1. The summed E-state index contributed by atoms with van der Waals surface area (Å²) in [6.45, 7) is 12.6. The Balaban J connectivity index is 2.50. The molecule has 0 spiro atoms. The van der Waals surface area contributed by atoms with Gasteiger partial charge in [-0.3, -0.25) is 4.79 Å². The molecule has 0 bridgehead atoms. The zero-order valence-electron chi connectivity index (χ0n) is 17.0. The van der Waals surface area contributed by atoms with Crippen molar-refractivity contribution in [3.63, 3.8) is 0 Å². The van der Waals surface area contributed by atoms with Crippen LogP contribution in [-0.2, 0) is 11.3 Å². The van der Waals surface area contributed by atoms with Crippen LogP contribution >= 0.6 is 0 Å². The van der Waals surface area contributed by atoms with Crippen molar-refractivity contribution in [1.82, 2.24) is 10.1 Å². The van der Waals surface area contributed by atoms with Gasteiger partial charge in [-0.05, 0) is 44.5 Å². The van der Waals surface area contributed by atoms with E-state index in [0.29, 0.717) is 24.7 Å². The monoisotopic (exact) mass is 375 g/mol. The van der Waals surface area contributed by atoms with Gasteiger partial charge < -0.3 is 14.3 Å². The van der Waals surface area contributed by atoms with E-state index in [4.69, 9.17) is 4.52 Å². The molecule has 0 unspecified atom stereocenters. The summed E-state index contributed by atoms with van der Waals surface area (Å²) in [5, 5.41) is 4.27. The lowest BCUT2D eigenvalue weighted by molar-refractivity contribution is -0.135. The molecule has 0 atom stereocenters. The smallest absolute Gasteiger partial charge is 0.232 e. The molecule has 0 N–H and O–H groups in total. The summed E-state index contributed by atoms with van der Waals surface area (Å²) in [5.74, 6) is 0.406. The van der Waals surface area contributed by atoms with Crippen molar-refractivity contribution in [1.29, 1.82) is 0 Å². The molecule has 6 heteroatoms. The number of benzene rings is 1. The fraction of sp³-hybridized carbons (Fsp3) is 0.524. The molecule has 0 aliphatic heterocycles. The van der Waals surface area contributed by atoms with Crippen molar-refractivity contribution >= 4 is 11.8 Å². The quantitative estimate of drug-likeness (QED) is 0.636. The molecule has 1 aromatic heterocycles. The highest BCUT2D eigenvalue weighted by Crippen LogP contribution is 2.33. The van der Waals surface area contributed by atoms with Crippen LogP contribution in [0.15, 0.2) is 28.8 Å². The van der Waals surface area contributed by atoms with E-state index in [1.807, 2.05) is 18.7 Å². The van der Waals surface area contributed by atoms with Gasteiger partial charge in [0.15, 0.2) is 0 Å². The molecule has 1 aromatic carbocycles. The second-order valence-corrected chi connectivity index (χ2v) is 6.91. The predicted molar refractivity (Wildman–Crippen MR) is 106 cm³/mol. The highest BCUT2D eigenvalue weighted by molar-refractivity contribution is 5.79. The van der Waals surface area contributed by atoms with Gasteiger partial charge in [-0.1, -0.05) is 25.9 Å². The van der Waals surface area contributed by atoms with E-state index in [0.717, 1.165) is 30.6 Å². The first-order valence-corrected chi connectivity index (χ1v) is 9.71. The van der Waals surface area contributed by atoms with Crippen LogP contribution in [0.4, 0.5) is 10.3 Å². The average Bonchev–Trinajstić information content (AvgIpc) is 3.06. The van der Waals surface area contributed by atoms with Gasteiger partial charge in [0.1, 0.15) is 11.5 Å². The number of nitrogens with zero attached hydrogens (tertiary/aromatic N) is 3. The Hall–Kier alpha value is -2.37. The van der Waals surface area contributed by atoms with Gasteiger partial charge in [-0.2, -0.15) is 0 Å². The second-order valence-electron chi connectivity index (χ2n) is 6.91. The summed E-state index contributed by atoms with van der Waals surface area (Å²) in [7, 11) is 0. The number of amides is 1. The number of carbonyl (C=O) groups excluding carboxylic acids is 1. The van der Waals surface area contributed by atoms with Gasteiger partial charge in [0, 0.05) is 31.1 Å². The molecule has 2 rings (SSSR count). The summed E-state index contributed by atoms with van der Waals surface area (Å²) in [5.41, 5.74) is 2.31. The number of halogens is 1. The molecule has 0 aliphatic carbocycles. The Labute approximate surface area is 161 Å². The third-order valence-corrected chi connectivity index (χ3v) is 4.58. The summed E-state index contributed by atoms with van der Waals surface area (Å²) in [6.07, 6.45) is 0.871. The first kappa shape index (κ1) is 20.9. The van der Waals surface area contributed by atoms with Crippen molar-refractivity contribution in [3.8, 4) is 11.3 Å². The van der Waals surface area contributed by atoms with Crippen LogP contribution in [0.25, 0.3) is 11.3 Å². The maximum absolute atomic E-state index is 13.3. The normalized spacial score (nSPS) is 11.1. The largest absolute Gasteiger partial charge is 0.341 e. The van der Waals surface area contributed by atoms with Crippen LogP contribution in [-0.4, -0.2) is 35.6 Å². The zero-order chi connectivity index (χ0) is 20.0. The lowest BCUT2D eigenvalue weighted by atomic mass is 10.1. The molecule has 1 amide bonds. The second kappa shape index (κ2) is 9.53. The fourth-order valence-electron chi connectivity index (χ4n) is 3.13. The highest BCUT2D eigenvalue weighted by Gasteiger charge is 2.26. The molecule has 1 heterocycles. The van der Waals surface area contributed by atoms with Crippen LogP contribution in [0.3, 0.4) is 0 Å². The maximum atomic E-state index is 13.3. The summed E-state index contributed by atoms with van der Waals surface area (Å²) in [4.78, 5) is 16.6. The SMILES string of the molecule is CCCN(Cc1c(-c2ccc(F)cc2)noc1N(CC)CC)C(=O)C(C)C. The van der Waals surface area contributed by atoms with Crippen molar-refractivity contribution < 1.29 is 13.7 Å². The third-order valence-electron chi connectivity index (χ3n) is 4.58. The minimum absolute atomic E-state index is 0.0809. The molecule has 0 aliphatic rings. The van der Waals surface area contributed by atoms with E-state index in [9.17, 15) is 9.18 Å². The molecule has 2 aromatic rings. The van der Waals surface area contributed by atoms with E-state index in [-0.39, 0.29) is 17.6 Å². The lowest BCUT2D eigenvalue weighted by Crippen LogP contribution is -2.35. The Kier molecular flexibility index (Phi) is 7.39. The van der Waals surface area contributed by atoms with Crippen molar-refractivity contribution in [2.24, 2.45) is 5.92 Å². The molecule has 5 nitrogen and oxygen atoms in total. The molecule has 0 saturated heterocycles. The van der Waals surface area contributed by atoms with Crippen molar-refractivity contribution in [2.75, 3.05) is 24.5 Å². The van der Waals surface area contributed by atoms with Crippen molar-refractivity contribution in [2.45, 2.75) is 47.6 Å². The molecule has 0 fully saturated rings. The van der Waals surface area contributed by atoms with Gasteiger partial charge in [0.25, 0.3) is 0 Å². The van der Waals surface area contributed by atoms with Gasteiger partial charge in [0.2, 0.25) is 11.8 Å². The maximum Gasteiger partial charge on any atom is 0.232 e. The van der Waals surface area contributed by atoms with E-state index in [1.165, 1.54) is 12.1 Å². The van der Waals surface area contributed by atoms with Crippen LogP contribution < -0.4 is 4.90 Å². The van der Waals surface area contributed by atoms with Crippen LogP contribution in [0.2, 0.25) is 0 Å². The number of hydrogen-bond acceptors (Lipinski definition) is 4. The first-order valence-electron chi connectivity index (χ1n) is 9.71. The van der Waals surface area contributed by atoms with E-state index >= 15 is 0 Å². The summed E-state index contributed by atoms with van der Waals surface area (Å²) in [6, 6.07) is 6.20. The predicted octanol–water partition coefficient (Wildman–Crippen LogP) is 4.72. The van der Waals surface area contributed by atoms with E-state index in [2.05, 4.69) is 30.8 Å². The molecule has 0 saturated carbocycles. The number of anilines is 1.